The minimum absolute atomic E-state index is 0.118. The Hall–Kier alpha value is -1.32. The molecule has 1 aromatic heterocycles. The number of hydrogen-bond acceptors (Lipinski definition) is 3. The first-order valence-electron chi connectivity index (χ1n) is 6.35. The van der Waals surface area contributed by atoms with Crippen molar-refractivity contribution in [3.63, 3.8) is 0 Å². The lowest BCUT2D eigenvalue weighted by molar-refractivity contribution is -0.00450. The largest absolute Gasteiger partial charge is 0.453 e. The first-order chi connectivity index (χ1) is 9.06. The highest BCUT2D eigenvalue weighted by Gasteiger charge is 2.37. The third kappa shape index (κ3) is 2.40. The van der Waals surface area contributed by atoms with Gasteiger partial charge in [-0.25, -0.2) is 0 Å². The zero-order valence-electron chi connectivity index (χ0n) is 11.3. The van der Waals surface area contributed by atoms with Gasteiger partial charge in [0.2, 0.25) is 5.78 Å². The van der Waals surface area contributed by atoms with Crippen molar-refractivity contribution in [3.8, 4) is 0 Å². The summed E-state index contributed by atoms with van der Waals surface area (Å²) < 4.78 is 11.0. The smallest absolute Gasteiger partial charge is 0.229 e. The van der Waals surface area contributed by atoms with Crippen molar-refractivity contribution in [2.75, 3.05) is 7.11 Å². The number of furan rings is 1. The van der Waals surface area contributed by atoms with Gasteiger partial charge in [-0.15, -0.1) is 0 Å². The maximum absolute atomic E-state index is 12.6. The Morgan fingerprint density at radius 2 is 2.00 bits per heavy atom. The van der Waals surface area contributed by atoms with E-state index in [2.05, 4.69) is 0 Å². The third-order valence-electron chi connectivity index (χ3n) is 3.65. The molecule has 3 nitrogen and oxygen atoms in total. The van der Waals surface area contributed by atoms with Gasteiger partial charge in [-0.3, -0.25) is 4.79 Å². The van der Waals surface area contributed by atoms with Crippen LogP contribution in [0.1, 0.15) is 37.2 Å². The van der Waals surface area contributed by atoms with Crippen molar-refractivity contribution in [3.05, 3.63) is 35.0 Å². The topological polar surface area (TPSA) is 39.4 Å². The third-order valence-corrected chi connectivity index (χ3v) is 3.88. The molecular formula is C15H17ClO3. The number of ketones is 1. The van der Waals surface area contributed by atoms with E-state index in [4.69, 9.17) is 20.8 Å². The molecule has 0 radical (unpaired) electrons. The molecule has 2 aromatic rings. The Labute approximate surface area is 117 Å². The minimum Gasteiger partial charge on any atom is -0.453 e. The summed E-state index contributed by atoms with van der Waals surface area (Å²) in [6.07, 6.45) is 1.22. The lowest BCUT2D eigenvalue weighted by Crippen LogP contribution is -2.39. The minimum atomic E-state index is -0.808. The molecule has 0 aliphatic rings. The molecule has 19 heavy (non-hydrogen) atoms. The molecule has 1 aromatic carbocycles. The van der Waals surface area contributed by atoms with Crippen LogP contribution < -0.4 is 0 Å². The molecule has 0 unspecified atom stereocenters. The number of ether oxygens (including phenoxy) is 1. The highest BCUT2D eigenvalue weighted by atomic mass is 35.5. The Bertz CT molecular complexity index is 588. The van der Waals surface area contributed by atoms with Gasteiger partial charge in [0.15, 0.2) is 5.76 Å². The molecule has 2 rings (SSSR count). The van der Waals surface area contributed by atoms with Crippen molar-refractivity contribution >= 4 is 28.4 Å². The van der Waals surface area contributed by atoms with Gasteiger partial charge in [0.1, 0.15) is 11.2 Å². The summed E-state index contributed by atoms with van der Waals surface area (Å²) in [6.45, 7) is 3.87. The molecule has 0 atom stereocenters. The number of carbonyl (C=O) groups excluding carboxylic acids is 1. The van der Waals surface area contributed by atoms with Gasteiger partial charge in [-0.1, -0.05) is 25.4 Å². The fourth-order valence-corrected chi connectivity index (χ4v) is 2.48. The average Bonchev–Trinajstić information content (AvgIpc) is 2.84. The number of halogens is 1. The molecule has 0 bridgehead atoms. The monoisotopic (exact) mass is 280 g/mol. The van der Waals surface area contributed by atoms with E-state index in [-0.39, 0.29) is 5.78 Å². The Balaban J connectivity index is 2.46. The van der Waals surface area contributed by atoms with E-state index in [1.165, 1.54) is 0 Å². The van der Waals surface area contributed by atoms with E-state index >= 15 is 0 Å². The summed E-state index contributed by atoms with van der Waals surface area (Å²) in [5, 5.41) is 1.45. The second-order valence-electron chi connectivity index (χ2n) is 4.53. The number of hydrogen-bond donors (Lipinski definition) is 0. The normalized spacial score (nSPS) is 12.0. The number of methoxy groups -OCH3 is 1. The van der Waals surface area contributed by atoms with Gasteiger partial charge < -0.3 is 9.15 Å². The van der Waals surface area contributed by atoms with Crippen LogP contribution in [0.25, 0.3) is 11.0 Å². The summed E-state index contributed by atoms with van der Waals surface area (Å²) >= 11 is 5.93. The van der Waals surface area contributed by atoms with Gasteiger partial charge in [0.05, 0.1) is 0 Å². The summed E-state index contributed by atoms with van der Waals surface area (Å²) in [5.74, 6) is 0.204. The molecule has 0 aliphatic heterocycles. The number of Topliss-reactive ketones (excluding diaryl/α,β-unsaturated/α-hetero) is 1. The van der Waals surface area contributed by atoms with Gasteiger partial charge in [-0.05, 0) is 37.1 Å². The lowest BCUT2D eigenvalue weighted by Gasteiger charge is -2.27. The molecule has 4 heteroatoms. The quantitative estimate of drug-likeness (QED) is 0.758. The van der Waals surface area contributed by atoms with Crippen LogP contribution in [-0.2, 0) is 4.74 Å². The zero-order chi connectivity index (χ0) is 14.0. The van der Waals surface area contributed by atoms with E-state index in [0.29, 0.717) is 29.2 Å². The predicted octanol–water partition coefficient (Wildman–Crippen LogP) is 4.47. The van der Waals surface area contributed by atoms with Crippen molar-refractivity contribution in [1.82, 2.24) is 0 Å². The van der Waals surface area contributed by atoms with Crippen LogP contribution >= 0.6 is 11.6 Å². The van der Waals surface area contributed by atoms with Gasteiger partial charge in [-0.2, -0.15) is 0 Å². The molecule has 0 aliphatic carbocycles. The van der Waals surface area contributed by atoms with Crippen molar-refractivity contribution < 1.29 is 13.9 Å². The summed E-state index contributed by atoms with van der Waals surface area (Å²) in [4.78, 5) is 12.6. The molecule has 1 heterocycles. The van der Waals surface area contributed by atoms with Crippen molar-refractivity contribution in [1.29, 1.82) is 0 Å². The first-order valence-corrected chi connectivity index (χ1v) is 6.73. The van der Waals surface area contributed by atoms with Crippen LogP contribution in [0.15, 0.2) is 28.7 Å². The zero-order valence-corrected chi connectivity index (χ0v) is 12.1. The summed E-state index contributed by atoms with van der Waals surface area (Å²) in [6, 6.07) is 7.01. The standard InChI is InChI=1S/C15H17ClO3/c1-4-15(5-2,18-3)14(17)13-9-10-8-11(16)6-7-12(10)19-13/h6-9H,4-5H2,1-3H3. The Kier molecular flexibility index (Phi) is 3.97. The molecular weight excluding hydrogens is 264 g/mol. The molecule has 0 spiro atoms. The molecule has 0 saturated heterocycles. The second kappa shape index (κ2) is 5.35. The van der Waals surface area contributed by atoms with Gasteiger partial charge in [0.25, 0.3) is 0 Å². The first kappa shape index (κ1) is 14.1. The van der Waals surface area contributed by atoms with Crippen LogP contribution in [0.3, 0.4) is 0 Å². The van der Waals surface area contributed by atoms with E-state index in [1.807, 2.05) is 13.8 Å². The average molecular weight is 281 g/mol. The lowest BCUT2D eigenvalue weighted by atomic mass is 9.90. The molecule has 0 N–H and O–H groups in total. The summed E-state index contributed by atoms with van der Waals surface area (Å²) in [5.41, 5.74) is -0.150. The molecule has 0 fully saturated rings. The van der Waals surface area contributed by atoms with Crippen molar-refractivity contribution in [2.45, 2.75) is 32.3 Å². The van der Waals surface area contributed by atoms with E-state index in [9.17, 15) is 4.79 Å². The molecule has 0 saturated carbocycles. The van der Waals surface area contributed by atoms with Gasteiger partial charge in [0, 0.05) is 17.5 Å². The Morgan fingerprint density at radius 3 is 2.58 bits per heavy atom. The predicted molar refractivity (Wildman–Crippen MR) is 75.9 cm³/mol. The van der Waals surface area contributed by atoms with E-state index < -0.39 is 5.60 Å². The van der Waals surface area contributed by atoms with E-state index in [0.717, 1.165) is 5.39 Å². The van der Waals surface area contributed by atoms with Gasteiger partial charge >= 0.3 is 0 Å². The number of carbonyl (C=O) groups is 1. The maximum Gasteiger partial charge on any atom is 0.229 e. The van der Waals surface area contributed by atoms with Crippen LogP contribution in [0.4, 0.5) is 0 Å². The molecule has 0 amide bonds. The van der Waals surface area contributed by atoms with Crippen molar-refractivity contribution in [2.24, 2.45) is 0 Å². The highest BCUT2D eigenvalue weighted by molar-refractivity contribution is 6.31. The fourth-order valence-electron chi connectivity index (χ4n) is 2.30. The molecule has 102 valence electrons. The Morgan fingerprint density at radius 1 is 1.32 bits per heavy atom. The number of fused-ring (bicyclic) bond motifs is 1. The number of benzene rings is 1. The highest BCUT2D eigenvalue weighted by Crippen LogP contribution is 2.29. The maximum atomic E-state index is 12.6. The second-order valence-corrected chi connectivity index (χ2v) is 4.96. The SMILES string of the molecule is CCC(CC)(OC)C(=O)c1cc2cc(Cl)ccc2o1. The fraction of sp³-hybridized carbons (Fsp3) is 0.400. The van der Waals surface area contributed by atoms with Crippen LogP contribution in [0, 0.1) is 0 Å². The van der Waals surface area contributed by atoms with Crippen LogP contribution in [0.5, 0.6) is 0 Å². The van der Waals surface area contributed by atoms with Crippen LogP contribution in [0.2, 0.25) is 5.02 Å². The summed E-state index contributed by atoms with van der Waals surface area (Å²) in [7, 11) is 1.56. The van der Waals surface area contributed by atoms with Crippen LogP contribution in [-0.4, -0.2) is 18.5 Å². The number of rotatable bonds is 5. The van der Waals surface area contributed by atoms with E-state index in [1.54, 1.807) is 31.4 Å².